The minimum atomic E-state index is -1.04. The van der Waals surface area contributed by atoms with Crippen LogP contribution in [-0.4, -0.2) is 21.0 Å². The fourth-order valence-electron chi connectivity index (χ4n) is 1.58. The summed E-state index contributed by atoms with van der Waals surface area (Å²) in [5.74, 6) is -2.49. The van der Waals surface area contributed by atoms with E-state index in [9.17, 15) is 9.18 Å². The van der Waals surface area contributed by atoms with E-state index in [0.29, 0.717) is 19.3 Å². The van der Waals surface area contributed by atoms with Gasteiger partial charge in [-0.15, -0.1) is 0 Å². The summed E-state index contributed by atoms with van der Waals surface area (Å²) < 4.78 is 13.8. The van der Waals surface area contributed by atoms with Gasteiger partial charge in [-0.3, -0.25) is 4.79 Å². The molecule has 1 atom stereocenters. The fourth-order valence-corrected chi connectivity index (χ4v) is 1.58. The zero-order valence-electron chi connectivity index (χ0n) is 9.40. The van der Waals surface area contributed by atoms with Gasteiger partial charge in [-0.1, -0.05) is 20.3 Å². The van der Waals surface area contributed by atoms with Crippen molar-refractivity contribution in [2.24, 2.45) is 0 Å². The lowest BCUT2D eigenvalue weighted by Gasteiger charge is -2.12. The predicted molar refractivity (Wildman–Crippen MR) is 56.7 cm³/mol. The van der Waals surface area contributed by atoms with Crippen molar-refractivity contribution >= 4 is 5.97 Å². The van der Waals surface area contributed by atoms with Crippen LogP contribution in [0.2, 0.25) is 0 Å². The summed E-state index contributed by atoms with van der Waals surface area (Å²) in [5, 5.41) is 9.02. The van der Waals surface area contributed by atoms with Gasteiger partial charge in [0.15, 0.2) is 5.82 Å². The summed E-state index contributed by atoms with van der Waals surface area (Å²) in [5.41, 5.74) is 0.272. The number of nitrogens with zero attached hydrogens (tertiary/aromatic N) is 2. The van der Waals surface area contributed by atoms with Crippen LogP contribution in [0.5, 0.6) is 0 Å². The number of hydrogen-bond donors (Lipinski definition) is 1. The van der Waals surface area contributed by atoms with Gasteiger partial charge in [-0.25, -0.2) is 14.4 Å². The Hall–Kier alpha value is -1.52. The highest BCUT2D eigenvalue weighted by molar-refractivity contribution is 5.75. The van der Waals surface area contributed by atoms with Gasteiger partial charge >= 0.3 is 5.97 Å². The van der Waals surface area contributed by atoms with Crippen LogP contribution in [0.3, 0.4) is 0 Å². The average molecular weight is 226 g/mol. The van der Waals surface area contributed by atoms with Crippen molar-refractivity contribution in [2.45, 2.75) is 39.0 Å². The third-order valence-electron chi connectivity index (χ3n) is 2.43. The number of aliphatic carboxylic acids is 1. The first-order chi connectivity index (χ1) is 7.61. The van der Waals surface area contributed by atoms with Gasteiger partial charge in [0.05, 0.1) is 11.4 Å². The van der Waals surface area contributed by atoms with Crippen LogP contribution in [0, 0.1) is 5.82 Å². The third-order valence-corrected chi connectivity index (χ3v) is 2.43. The normalized spacial score (nSPS) is 12.4. The highest BCUT2D eigenvalue weighted by Crippen LogP contribution is 2.23. The molecule has 1 aromatic rings. The quantitative estimate of drug-likeness (QED) is 0.835. The highest BCUT2D eigenvalue weighted by atomic mass is 19.1. The maximum absolute atomic E-state index is 13.8. The van der Waals surface area contributed by atoms with Crippen LogP contribution in [0.4, 0.5) is 4.39 Å². The van der Waals surface area contributed by atoms with Gasteiger partial charge in [0, 0.05) is 0 Å². The van der Waals surface area contributed by atoms with Crippen LogP contribution >= 0.6 is 0 Å². The SMILES string of the molecule is CCCC(C(=O)O)c1ncnc(CC)c1F. The molecule has 0 saturated carbocycles. The van der Waals surface area contributed by atoms with Crippen molar-refractivity contribution in [1.82, 2.24) is 9.97 Å². The first kappa shape index (κ1) is 12.5. The maximum Gasteiger partial charge on any atom is 0.312 e. The summed E-state index contributed by atoms with van der Waals surface area (Å²) >= 11 is 0. The molecule has 0 radical (unpaired) electrons. The van der Waals surface area contributed by atoms with Gasteiger partial charge < -0.3 is 5.11 Å². The largest absolute Gasteiger partial charge is 0.481 e. The summed E-state index contributed by atoms with van der Waals surface area (Å²) in [4.78, 5) is 18.6. The van der Waals surface area contributed by atoms with Crippen molar-refractivity contribution in [3.63, 3.8) is 0 Å². The lowest BCUT2D eigenvalue weighted by molar-refractivity contribution is -0.139. The van der Waals surface area contributed by atoms with E-state index in [-0.39, 0.29) is 11.4 Å². The number of halogens is 1. The molecule has 0 bridgehead atoms. The van der Waals surface area contributed by atoms with E-state index in [1.807, 2.05) is 6.92 Å². The fraction of sp³-hybridized carbons (Fsp3) is 0.545. The van der Waals surface area contributed by atoms with Gasteiger partial charge in [0.1, 0.15) is 12.2 Å². The molecule has 0 spiro atoms. The molecule has 0 amide bonds. The van der Waals surface area contributed by atoms with Crippen LogP contribution in [0.25, 0.3) is 0 Å². The van der Waals surface area contributed by atoms with Crippen LogP contribution in [0.15, 0.2) is 6.33 Å². The Labute approximate surface area is 93.5 Å². The Morgan fingerprint density at radius 2 is 2.19 bits per heavy atom. The zero-order valence-corrected chi connectivity index (χ0v) is 9.40. The molecule has 0 aliphatic heterocycles. The number of hydrogen-bond acceptors (Lipinski definition) is 3. The Kier molecular flexibility index (Phi) is 4.34. The second-order valence-corrected chi connectivity index (χ2v) is 3.55. The molecule has 5 heteroatoms. The van der Waals surface area contributed by atoms with Crippen molar-refractivity contribution in [2.75, 3.05) is 0 Å². The molecular formula is C11H15FN2O2. The second-order valence-electron chi connectivity index (χ2n) is 3.55. The Morgan fingerprint density at radius 3 is 2.69 bits per heavy atom. The van der Waals surface area contributed by atoms with Crippen LogP contribution in [0.1, 0.15) is 44.0 Å². The topological polar surface area (TPSA) is 63.1 Å². The predicted octanol–water partition coefficient (Wildman–Crippen LogP) is 2.15. The molecular weight excluding hydrogens is 211 g/mol. The number of carboxylic acid groups (broad SMARTS) is 1. The lowest BCUT2D eigenvalue weighted by Crippen LogP contribution is -2.16. The molecule has 1 rings (SSSR count). The third kappa shape index (κ3) is 2.53. The molecule has 4 nitrogen and oxygen atoms in total. The van der Waals surface area contributed by atoms with Crippen molar-refractivity contribution in [1.29, 1.82) is 0 Å². The van der Waals surface area contributed by atoms with E-state index < -0.39 is 17.7 Å². The molecule has 1 heterocycles. The van der Waals surface area contributed by atoms with Gasteiger partial charge in [-0.05, 0) is 12.8 Å². The summed E-state index contributed by atoms with van der Waals surface area (Å²) in [7, 11) is 0. The Balaban J connectivity index is 3.13. The average Bonchev–Trinajstić information content (AvgIpc) is 2.26. The van der Waals surface area contributed by atoms with Crippen LogP contribution in [-0.2, 0) is 11.2 Å². The lowest BCUT2D eigenvalue weighted by atomic mass is 9.98. The number of carboxylic acids is 1. The molecule has 1 aromatic heterocycles. The number of rotatable bonds is 5. The van der Waals surface area contributed by atoms with E-state index in [2.05, 4.69) is 9.97 Å². The second kappa shape index (κ2) is 5.53. The van der Waals surface area contributed by atoms with Crippen molar-refractivity contribution in [3.8, 4) is 0 Å². The molecule has 1 unspecified atom stereocenters. The highest BCUT2D eigenvalue weighted by Gasteiger charge is 2.25. The number of aromatic nitrogens is 2. The molecule has 88 valence electrons. The van der Waals surface area contributed by atoms with E-state index in [1.165, 1.54) is 6.33 Å². The molecule has 1 N–H and O–H groups in total. The number of carbonyl (C=O) groups is 1. The Morgan fingerprint density at radius 1 is 1.50 bits per heavy atom. The zero-order chi connectivity index (χ0) is 12.1. The minimum Gasteiger partial charge on any atom is -0.481 e. The summed E-state index contributed by atoms with van der Waals surface area (Å²) in [6.07, 6.45) is 2.71. The molecule has 0 saturated heterocycles. The van der Waals surface area contributed by atoms with E-state index in [1.54, 1.807) is 6.92 Å². The monoisotopic (exact) mass is 226 g/mol. The number of aryl methyl sites for hydroxylation is 1. The van der Waals surface area contributed by atoms with Crippen molar-refractivity contribution < 1.29 is 14.3 Å². The van der Waals surface area contributed by atoms with E-state index in [4.69, 9.17) is 5.11 Å². The smallest absolute Gasteiger partial charge is 0.312 e. The summed E-state index contributed by atoms with van der Waals surface area (Å²) in [6.45, 7) is 3.63. The van der Waals surface area contributed by atoms with Gasteiger partial charge in [-0.2, -0.15) is 0 Å². The molecule has 0 aliphatic carbocycles. The molecule has 16 heavy (non-hydrogen) atoms. The first-order valence-electron chi connectivity index (χ1n) is 5.33. The molecule has 0 aliphatic rings. The molecule has 0 aromatic carbocycles. The summed E-state index contributed by atoms with van der Waals surface area (Å²) in [6, 6.07) is 0. The standard InChI is InChI=1S/C11H15FN2O2/c1-3-5-7(11(15)16)10-9(12)8(4-2)13-6-14-10/h6-7H,3-5H2,1-2H3,(H,15,16). The minimum absolute atomic E-state index is 0.00111. The van der Waals surface area contributed by atoms with E-state index >= 15 is 0 Å². The first-order valence-corrected chi connectivity index (χ1v) is 5.33. The Bertz CT molecular complexity index is 382. The van der Waals surface area contributed by atoms with Gasteiger partial charge in [0.2, 0.25) is 0 Å². The molecule has 0 fully saturated rings. The van der Waals surface area contributed by atoms with Gasteiger partial charge in [0.25, 0.3) is 0 Å². The van der Waals surface area contributed by atoms with E-state index in [0.717, 1.165) is 0 Å². The van der Waals surface area contributed by atoms with Crippen molar-refractivity contribution in [3.05, 3.63) is 23.5 Å². The maximum atomic E-state index is 13.8. The van der Waals surface area contributed by atoms with Crippen LogP contribution < -0.4 is 0 Å².